The molecule has 1 N–H and O–H groups in total. The molecule has 0 spiro atoms. The fourth-order valence-electron chi connectivity index (χ4n) is 2.46. The van der Waals surface area contributed by atoms with Crippen LogP contribution in [0, 0.1) is 0 Å². The second kappa shape index (κ2) is 7.94. The first-order valence-corrected chi connectivity index (χ1v) is 8.99. The van der Waals surface area contributed by atoms with Crippen molar-refractivity contribution >= 4 is 34.3 Å². The lowest BCUT2D eigenvalue weighted by Gasteiger charge is -2.09. The second-order valence-corrected chi connectivity index (χ2v) is 6.65. The van der Waals surface area contributed by atoms with E-state index in [1.807, 2.05) is 30.3 Å². The molecule has 25 heavy (non-hydrogen) atoms. The number of para-hydroxylation sites is 1. The topological polar surface area (TPSA) is 76.9 Å². The maximum atomic E-state index is 12.2. The number of nitrogens with one attached hydrogen (secondary N) is 1. The molecule has 0 saturated carbocycles. The van der Waals surface area contributed by atoms with Crippen molar-refractivity contribution < 1.29 is 4.79 Å². The van der Waals surface area contributed by atoms with Gasteiger partial charge in [0.05, 0.1) is 35.2 Å². The van der Waals surface area contributed by atoms with Gasteiger partial charge in [0, 0.05) is 11.8 Å². The summed E-state index contributed by atoms with van der Waals surface area (Å²) in [6.45, 7) is 2.46. The number of aryl methyl sites for hydroxylation is 1. The Morgan fingerprint density at radius 3 is 2.80 bits per heavy atom. The van der Waals surface area contributed by atoms with Crippen molar-refractivity contribution in [3.8, 4) is 0 Å². The molecule has 0 aliphatic rings. The number of aromatic nitrogens is 3. The highest BCUT2D eigenvalue weighted by molar-refractivity contribution is 7.99. The first-order valence-electron chi connectivity index (χ1n) is 8.01. The van der Waals surface area contributed by atoms with E-state index in [0.717, 1.165) is 16.3 Å². The highest BCUT2D eigenvalue weighted by atomic mass is 32.2. The number of carbonyl (C=O) groups is 1. The van der Waals surface area contributed by atoms with E-state index in [4.69, 9.17) is 0 Å². The van der Waals surface area contributed by atoms with Crippen LogP contribution in [0.25, 0.3) is 10.9 Å². The summed E-state index contributed by atoms with van der Waals surface area (Å²) >= 11 is 1.65. The molecule has 0 aliphatic heterocycles. The van der Waals surface area contributed by atoms with E-state index in [0.29, 0.717) is 17.6 Å². The molecule has 7 heteroatoms. The first kappa shape index (κ1) is 17.2. The van der Waals surface area contributed by atoms with Gasteiger partial charge in [0.2, 0.25) is 11.3 Å². The van der Waals surface area contributed by atoms with Crippen molar-refractivity contribution in [3.63, 3.8) is 0 Å². The Kier molecular flexibility index (Phi) is 5.45. The van der Waals surface area contributed by atoms with Gasteiger partial charge in [-0.2, -0.15) is 5.10 Å². The number of carbonyl (C=O) groups excluding carboxylic acids is 1. The van der Waals surface area contributed by atoms with E-state index < -0.39 is 0 Å². The van der Waals surface area contributed by atoms with Crippen LogP contribution in [-0.4, -0.2) is 26.4 Å². The highest BCUT2D eigenvalue weighted by Gasteiger charge is 2.07. The zero-order valence-electron chi connectivity index (χ0n) is 13.8. The molecule has 0 atom stereocenters. The maximum absolute atomic E-state index is 12.2. The number of fused-ring (bicyclic) bond motifs is 1. The van der Waals surface area contributed by atoms with Crippen molar-refractivity contribution in [3.05, 3.63) is 59.0 Å². The number of benzene rings is 1. The third-order valence-corrected chi connectivity index (χ3v) is 4.45. The lowest BCUT2D eigenvalue weighted by atomic mass is 10.2. The highest BCUT2D eigenvalue weighted by Crippen LogP contribution is 2.16. The van der Waals surface area contributed by atoms with Gasteiger partial charge < -0.3 is 5.32 Å². The van der Waals surface area contributed by atoms with Gasteiger partial charge in [-0.1, -0.05) is 19.1 Å². The van der Waals surface area contributed by atoms with Crippen LogP contribution in [0.15, 0.2) is 58.6 Å². The Balaban J connectivity index is 1.65. The third-order valence-electron chi connectivity index (χ3n) is 3.62. The SMILES string of the molecule is CCSc1ccc(NC(=O)CCn2ncc(=O)c3ccccc32)cn1. The van der Waals surface area contributed by atoms with Gasteiger partial charge in [-0.05, 0) is 30.0 Å². The monoisotopic (exact) mass is 354 g/mol. The number of amides is 1. The molecular formula is C18H18N4O2S. The number of rotatable bonds is 6. The van der Waals surface area contributed by atoms with E-state index in [9.17, 15) is 9.59 Å². The second-order valence-electron chi connectivity index (χ2n) is 5.37. The summed E-state index contributed by atoms with van der Waals surface area (Å²) in [7, 11) is 0. The molecule has 6 nitrogen and oxygen atoms in total. The fraction of sp³-hybridized carbons (Fsp3) is 0.222. The molecule has 0 fully saturated rings. The summed E-state index contributed by atoms with van der Waals surface area (Å²) in [6.07, 6.45) is 3.20. The Labute approximate surface area is 149 Å². The minimum Gasteiger partial charge on any atom is -0.325 e. The number of hydrogen-bond acceptors (Lipinski definition) is 5. The van der Waals surface area contributed by atoms with Gasteiger partial charge >= 0.3 is 0 Å². The number of hydrogen-bond donors (Lipinski definition) is 1. The van der Waals surface area contributed by atoms with Gasteiger partial charge in [-0.25, -0.2) is 4.98 Å². The summed E-state index contributed by atoms with van der Waals surface area (Å²) in [5.41, 5.74) is 1.28. The van der Waals surface area contributed by atoms with Crippen LogP contribution in [-0.2, 0) is 11.3 Å². The van der Waals surface area contributed by atoms with Crippen molar-refractivity contribution in [2.45, 2.75) is 24.9 Å². The minimum atomic E-state index is -0.123. The normalized spacial score (nSPS) is 10.8. The van der Waals surface area contributed by atoms with Crippen molar-refractivity contribution in [2.24, 2.45) is 0 Å². The number of thioether (sulfide) groups is 1. The lowest BCUT2D eigenvalue weighted by Crippen LogP contribution is -2.18. The smallest absolute Gasteiger partial charge is 0.226 e. The molecular weight excluding hydrogens is 336 g/mol. The molecule has 3 aromatic rings. The van der Waals surface area contributed by atoms with E-state index in [-0.39, 0.29) is 17.8 Å². The molecule has 0 saturated heterocycles. The summed E-state index contributed by atoms with van der Waals surface area (Å²) in [4.78, 5) is 28.3. The predicted octanol–water partition coefficient (Wildman–Crippen LogP) is 2.93. The molecule has 1 amide bonds. The molecule has 1 aromatic carbocycles. The average molecular weight is 354 g/mol. The van der Waals surface area contributed by atoms with Crippen LogP contribution in [0.4, 0.5) is 5.69 Å². The van der Waals surface area contributed by atoms with Crippen molar-refractivity contribution in [1.82, 2.24) is 14.8 Å². The zero-order valence-corrected chi connectivity index (χ0v) is 14.6. The van der Waals surface area contributed by atoms with Gasteiger partial charge in [0.25, 0.3) is 0 Å². The number of pyridine rings is 1. The number of anilines is 1. The Bertz CT molecular complexity index is 938. The van der Waals surface area contributed by atoms with Gasteiger partial charge in [0.1, 0.15) is 0 Å². The van der Waals surface area contributed by atoms with Crippen molar-refractivity contribution in [2.75, 3.05) is 11.1 Å². The lowest BCUT2D eigenvalue weighted by molar-refractivity contribution is -0.116. The molecule has 3 rings (SSSR count). The summed E-state index contributed by atoms with van der Waals surface area (Å²) in [5.74, 6) is 0.834. The van der Waals surface area contributed by atoms with Crippen LogP contribution in [0.2, 0.25) is 0 Å². The molecule has 2 heterocycles. The Hall–Kier alpha value is -2.67. The molecule has 0 aliphatic carbocycles. The van der Waals surface area contributed by atoms with Gasteiger partial charge in [0.15, 0.2) is 0 Å². The van der Waals surface area contributed by atoms with Crippen LogP contribution >= 0.6 is 11.8 Å². The van der Waals surface area contributed by atoms with E-state index in [1.54, 1.807) is 28.7 Å². The van der Waals surface area contributed by atoms with Crippen LogP contribution in [0.1, 0.15) is 13.3 Å². The van der Waals surface area contributed by atoms with Crippen LogP contribution in [0.5, 0.6) is 0 Å². The molecule has 0 unspecified atom stereocenters. The number of nitrogens with zero attached hydrogens (tertiary/aromatic N) is 3. The minimum absolute atomic E-state index is 0.118. The van der Waals surface area contributed by atoms with Gasteiger partial charge in [-0.3, -0.25) is 14.3 Å². The van der Waals surface area contributed by atoms with E-state index in [2.05, 4.69) is 22.3 Å². The zero-order chi connectivity index (χ0) is 17.6. The van der Waals surface area contributed by atoms with Gasteiger partial charge in [-0.15, -0.1) is 11.8 Å². The molecule has 128 valence electrons. The molecule has 0 radical (unpaired) electrons. The van der Waals surface area contributed by atoms with Crippen LogP contribution < -0.4 is 10.7 Å². The van der Waals surface area contributed by atoms with Crippen molar-refractivity contribution in [1.29, 1.82) is 0 Å². The average Bonchev–Trinajstić information content (AvgIpc) is 2.63. The Morgan fingerprint density at radius 2 is 2.04 bits per heavy atom. The standard InChI is InChI=1S/C18H18N4O2S/c1-2-25-18-8-7-13(11-19-18)21-17(24)9-10-22-15-6-4-3-5-14(15)16(23)12-20-22/h3-8,11-12H,2,9-10H2,1H3,(H,21,24). The fourth-order valence-corrected chi connectivity index (χ4v) is 3.04. The summed E-state index contributed by atoms with van der Waals surface area (Å²) in [6, 6.07) is 11.0. The quantitative estimate of drug-likeness (QED) is 0.689. The van der Waals surface area contributed by atoms with E-state index in [1.165, 1.54) is 6.20 Å². The largest absolute Gasteiger partial charge is 0.325 e. The maximum Gasteiger partial charge on any atom is 0.226 e. The third kappa shape index (κ3) is 4.24. The molecule has 0 bridgehead atoms. The Morgan fingerprint density at radius 1 is 1.20 bits per heavy atom. The van der Waals surface area contributed by atoms with E-state index >= 15 is 0 Å². The first-order chi connectivity index (χ1) is 12.2. The summed E-state index contributed by atoms with van der Waals surface area (Å²) in [5, 5.41) is 8.49. The predicted molar refractivity (Wildman–Crippen MR) is 99.9 cm³/mol. The summed E-state index contributed by atoms with van der Waals surface area (Å²) < 4.78 is 1.68. The molecule has 2 aromatic heterocycles. The van der Waals surface area contributed by atoms with Crippen LogP contribution in [0.3, 0.4) is 0 Å².